The Morgan fingerprint density at radius 1 is 1.00 bits per heavy atom. The van der Waals surface area contributed by atoms with Gasteiger partial charge in [-0.2, -0.15) is 4.31 Å². The zero-order valence-corrected chi connectivity index (χ0v) is 21.2. The van der Waals surface area contributed by atoms with Gasteiger partial charge in [0.1, 0.15) is 17.4 Å². The lowest BCUT2D eigenvalue weighted by atomic mass is 10.1. The number of nitrogens with zero attached hydrogens (tertiary/aromatic N) is 3. The molecule has 3 aliphatic rings. The number of hydrogen-bond acceptors (Lipinski definition) is 6. The maximum Gasteiger partial charge on any atom is 0.254 e. The second kappa shape index (κ2) is 9.04. The van der Waals surface area contributed by atoms with E-state index in [0.717, 1.165) is 23.0 Å². The Balaban J connectivity index is 1.12. The molecule has 10 heteroatoms. The molecular formula is C27H27N3O6S. The fourth-order valence-corrected chi connectivity index (χ4v) is 6.99. The zero-order valence-electron chi connectivity index (χ0n) is 20.4. The molecule has 2 aromatic carbocycles. The molecule has 1 saturated heterocycles. The predicted molar refractivity (Wildman–Crippen MR) is 136 cm³/mol. The van der Waals surface area contributed by atoms with Gasteiger partial charge in [-0.15, -0.1) is 0 Å². The molecule has 0 radical (unpaired) electrons. The first kappa shape index (κ1) is 23.7. The van der Waals surface area contributed by atoms with Crippen LogP contribution in [0.15, 0.2) is 75.3 Å². The number of hydrogen-bond donors (Lipinski definition) is 0. The third kappa shape index (κ3) is 4.10. The van der Waals surface area contributed by atoms with E-state index in [-0.39, 0.29) is 29.8 Å². The molecule has 1 aromatic heterocycles. The van der Waals surface area contributed by atoms with E-state index in [0.29, 0.717) is 43.0 Å². The van der Waals surface area contributed by atoms with E-state index in [4.69, 9.17) is 9.15 Å². The Morgan fingerprint density at radius 2 is 1.78 bits per heavy atom. The number of likely N-dealkylation sites (tertiary alicyclic amines) is 1. The van der Waals surface area contributed by atoms with Gasteiger partial charge in [0.2, 0.25) is 15.9 Å². The fraction of sp³-hybridized carbons (Fsp3) is 0.333. The summed E-state index contributed by atoms with van der Waals surface area (Å²) in [6.45, 7) is 1.84. The van der Waals surface area contributed by atoms with Crippen LogP contribution in [0.3, 0.4) is 0 Å². The lowest BCUT2D eigenvalue weighted by Gasteiger charge is -2.29. The second-order valence-electron chi connectivity index (χ2n) is 9.68. The molecule has 0 saturated carbocycles. The van der Waals surface area contributed by atoms with Gasteiger partial charge in [0.15, 0.2) is 0 Å². The highest BCUT2D eigenvalue weighted by atomic mass is 32.2. The van der Waals surface area contributed by atoms with Crippen LogP contribution in [0, 0.1) is 0 Å². The van der Waals surface area contributed by atoms with Crippen molar-refractivity contribution in [3.05, 3.63) is 71.5 Å². The Hall–Kier alpha value is -3.63. The molecule has 0 aliphatic carbocycles. The number of rotatable bonds is 5. The molecular weight excluding hydrogens is 494 g/mol. The van der Waals surface area contributed by atoms with E-state index in [9.17, 15) is 18.0 Å². The highest BCUT2D eigenvalue weighted by Crippen LogP contribution is 2.33. The molecule has 1 fully saturated rings. The second-order valence-corrected chi connectivity index (χ2v) is 11.6. The summed E-state index contributed by atoms with van der Waals surface area (Å²) < 4.78 is 38.6. The molecule has 4 heterocycles. The molecule has 9 nitrogen and oxygen atoms in total. The fourth-order valence-electron chi connectivity index (χ4n) is 5.52. The summed E-state index contributed by atoms with van der Waals surface area (Å²) in [6, 6.07) is 13.0. The minimum absolute atomic E-state index is 0.0806. The molecule has 3 aromatic rings. The minimum Gasteiger partial charge on any atom is -0.497 e. The Kier molecular flexibility index (Phi) is 5.80. The first-order chi connectivity index (χ1) is 17.8. The first-order valence-electron chi connectivity index (χ1n) is 12.3. The normalized spacial score (nSPS) is 20.2. The Bertz CT molecular complexity index is 1520. The van der Waals surface area contributed by atoms with Crippen LogP contribution < -0.4 is 4.74 Å². The number of amides is 2. The molecule has 0 N–H and O–H groups in total. The number of ether oxygens (including phenoxy) is 1. The highest BCUT2D eigenvalue weighted by Gasteiger charge is 2.42. The smallest absolute Gasteiger partial charge is 0.254 e. The van der Waals surface area contributed by atoms with Crippen molar-refractivity contribution in [1.29, 1.82) is 0 Å². The molecule has 37 heavy (non-hydrogen) atoms. The predicted octanol–water partition coefficient (Wildman–Crippen LogP) is 2.89. The lowest BCUT2D eigenvalue weighted by molar-refractivity contribution is -0.134. The summed E-state index contributed by atoms with van der Waals surface area (Å²) in [7, 11) is -2.13. The topological polar surface area (TPSA) is 100 Å². The van der Waals surface area contributed by atoms with Gasteiger partial charge in [-0.1, -0.05) is 6.07 Å². The van der Waals surface area contributed by atoms with E-state index >= 15 is 0 Å². The molecule has 0 unspecified atom stereocenters. The van der Waals surface area contributed by atoms with Gasteiger partial charge in [0.05, 0.1) is 18.3 Å². The third-order valence-electron chi connectivity index (χ3n) is 7.49. The van der Waals surface area contributed by atoms with E-state index in [2.05, 4.69) is 0 Å². The van der Waals surface area contributed by atoms with Gasteiger partial charge >= 0.3 is 0 Å². The van der Waals surface area contributed by atoms with Gasteiger partial charge in [0.25, 0.3) is 5.91 Å². The molecule has 0 spiro atoms. The van der Waals surface area contributed by atoms with Crippen LogP contribution >= 0.6 is 0 Å². The van der Waals surface area contributed by atoms with Crippen molar-refractivity contribution >= 4 is 32.8 Å². The van der Waals surface area contributed by atoms with Gasteiger partial charge in [-0.25, -0.2) is 8.42 Å². The lowest BCUT2D eigenvalue weighted by Crippen LogP contribution is -2.48. The molecule has 0 bridgehead atoms. The Labute approximate surface area is 214 Å². The number of fused-ring (bicyclic) bond motifs is 1. The van der Waals surface area contributed by atoms with E-state index < -0.39 is 16.1 Å². The average molecular weight is 522 g/mol. The van der Waals surface area contributed by atoms with Crippen LogP contribution in [0.1, 0.15) is 23.2 Å². The van der Waals surface area contributed by atoms with Crippen molar-refractivity contribution in [2.75, 3.05) is 39.8 Å². The number of methoxy groups -OCH3 is 1. The van der Waals surface area contributed by atoms with Gasteiger partial charge in [-0.3, -0.25) is 9.59 Å². The van der Waals surface area contributed by atoms with Gasteiger partial charge in [-0.05, 0) is 66.5 Å². The molecule has 2 amide bonds. The quantitative estimate of drug-likeness (QED) is 0.479. The first-order valence-corrected chi connectivity index (χ1v) is 13.7. The molecule has 1 atom stereocenters. The zero-order chi connectivity index (χ0) is 25.7. The van der Waals surface area contributed by atoms with Crippen LogP contribution in [-0.4, -0.2) is 80.2 Å². The van der Waals surface area contributed by atoms with Crippen molar-refractivity contribution < 1.29 is 27.2 Å². The Morgan fingerprint density at radius 3 is 2.54 bits per heavy atom. The minimum atomic E-state index is -3.68. The number of carbonyl (C=O) groups is 2. The van der Waals surface area contributed by atoms with Crippen molar-refractivity contribution in [3.8, 4) is 5.75 Å². The monoisotopic (exact) mass is 521 g/mol. The largest absolute Gasteiger partial charge is 0.497 e. The SMILES string of the molecule is COc1cccc(C(=O)N2CCC[C@H]2C(=O)N2CC3=C(C2)CN(S(=O)(=O)c2ccc4occc4c2)C3)c1. The standard InChI is InChI=1S/C27H27N3O6S/c1-35-22-5-2-4-19(12-22)26(31)30-10-3-6-24(30)27(32)28-14-20-16-29(17-21(20)15-28)37(33,34)23-7-8-25-18(13-23)9-11-36-25/h2,4-5,7-9,11-13,24H,3,6,10,14-17H2,1H3/t24-/m0/s1. The third-order valence-corrected chi connectivity index (χ3v) is 9.27. The van der Waals surface area contributed by atoms with Crippen LogP contribution in [0.4, 0.5) is 0 Å². The van der Waals surface area contributed by atoms with E-state index in [1.807, 2.05) is 0 Å². The maximum absolute atomic E-state index is 13.5. The summed E-state index contributed by atoms with van der Waals surface area (Å²) in [5.41, 5.74) is 3.06. The average Bonchev–Trinajstić information content (AvgIpc) is 3.70. The summed E-state index contributed by atoms with van der Waals surface area (Å²) in [5.74, 6) is 0.335. The van der Waals surface area contributed by atoms with Crippen LogP contribution in [0.2, 0.25) is 0 Å². The van der Waals surface area contributed by atoms with Crippen molar-refractivity contribution in [2.45, 2.75) is 23.8 Å². The molecule has 6 rings (SSSR count). The van der Waals surface area contributed by atoms with Gasteiger partial charge < -0.3 is 19.0 Å². The summed E-state index contributed by atoms with van der Waals surface area (Å²) in [6.07, 6.45) is 2.92. The van der Waals surface area contributed by atoms with Crippen LogP contribution in [-0.2, 0) is 14.8 Å². The summed E-state index contributed by atoms with van der Waals surface area (Å²) in [5, 5.41) is 0.738. The summed E-state index contributed by atoms with van der Waals surface area (Å²) >= 11 is 0. The number of furan rings is 1. The van der Waals surface area contributed by atoms with Crippen molar-refractivity contribution in [2.24, 2.45) is 0 Å². The van der Waals surface area contributed by atoms with E-state index in [1.54, 1.807) is 65.4 Å². The van der Waals surface area contributed by atoms with Crippen molar-refractivity contribution in [3.63, 3.8) is 0 Å². The number of carbonyl (C=O) groups excluding carboxylic acids is 2. The van der Waals surface area contributed by atoms with Crippen LogP contribution in [0.5, 0.6) is 5.75 Å². The number of benzene rings is 2. The van der Waals surface area contributed by atoms with Gasteiger partial charge in [0, 0.05) is 43.7 Å². The van der Waals surface area contributed by atoms with Crippen molar-refractivity contribution in [1.82, 2.24) is 14.1 Å². The van der Waals surface area contributed by atoms with Crippen LogP contribution in [0.25, 0.3) is 11.0 Å². The molecule has 3 aliphatic heterocycles. The highest BCUT2D eigenvalue weighted by molar-refractivity contribution is 7.89. The summed E-state index contributed by atoms with van der Waals surface area (Å²) in [4.78, 5) is 30.3. The van der Waals surface area contributed by atoms with E-state index in [1.165, 1.54) is 10.6 Å². The maximum atomic E-state index is 13.5. The molecule has 192 valence electrons. The number of sulfonamides is 1.